The SMILES string of the molecule is C[C@@H](O)CN1CCN(Cc2cccc(C(=O)N3CCCCC3)c2)CC1. The first-order valence-corrected chi connectivity index (χ1v) is 9.63. The van der Waals surface area contributed by atoms with E-state index >= 15 is 0 Å². The standard InChI is InChI=1S/C20H31N3O2/c1-17(24)15-21-10-12-22(13-11-21)16-18-6-5-7-19(14-18)20(25)23-8-3-2-4-9-23/h5-7,14,17,24H,2-4,8-13,15-16H2,1H3/t17-/m1/s1. The van der Waals surface area contributed by atoms with E-state index in [2.05, 4.69) is 21.9 Å². The third-order valence-electron chi connectivity index (χ3n) is 5.21. The Bertz CT molecular complexity index is 562. The lowest BCUT2D eigenvalue weighted by molar-refractivity contribution is 0.0723. The molecule has 1 atom stereocenters. The van der Waals surface area contributed by atoms with E-state index in [1.54, 1.807) is 0 Å². The van der Waals surface area contributed by atoms with Crippen molar-refractivity contribution in [3.05, 3.63) is 35.4 Å². The van der Waals surface area contributed by atoms with E-state index in [1.807, 2.05) is 24.0 Å². The van der Waals surface area contributed by atoms with Crippen molar-refractivity contribution >= 4 is 5.91 Å². The average molecular weight is 345 g/mol. The number of aliphatic hydroxyl groups excluding tert-OH is 1. The van der Waals surface area contributed by atoms with Crippen LogP contribution in [0.15, 0.2) is 24.3 Å². The first-order valence-electron chi connectivity index (χ1n) is 9.63. The summed E-state index contributed by atoms with van der Waals surface area (Å²) in [5, 5.41) is 9.50. The normalized spacial score (nSPS) is 21.3. The molecular weight excluding hydrogens is 314 g/mol. The van der Waals surface area contributed by atoms with Crippen molar-refractivity contribution in [1.82, 2.24) is 14.7 Å². The van der Waals surface area contributed by atoms with Crippen LogP contribution in [0.1, 0.15) is 42.1 Å². The van der Waals surface area contributed by atoms with Crippen LogP contribution in [0.4, 0.5) is 0 Å². The lowest BCUT2D eigenvalue weighted by Gasteiger charge is -2.35. The molecule has 2 fully saturated rings. The summed E-state index contributed by atoms with van der Waals surface area (Å²) in [6.07, 6.45) is 3.24. The van der Waals surface area contributed by atoms with Crippen molar-refractivity contribution in [2.75, 3.05) is 45.8 Å². The number of amides is 1. The summed E-state index contributed by atoms with van der Waals surface area (Å²) < 4.78 is 0. The van der Waals surface area contributed by atoms with Crippen molar-refractivity contribution < 1.29 is 9.90 Å². The van der Waals surface area contributed by atoms with Crippen LogP contribution in [-0.2, 0) is 6.54 Å². The van der Waals surface area contributed by atoms with Gasteiger partial charge in [-0.3, -0.25) is 14.6 Å². The number of aliphatic hydroxyl groups is 1. The third kappa shape index (κ3) is 5.27. The molecule has 0 saturated carbocycles. The number of piperidine rings is 1. The summed E-state index contributed by atoms with van der Waals surface area (Å²) in [5.41, 5.74) is 2.04. The number of carbonyl (C=O) groups is 1. The van der Waals surface area contributed by atoms with Crippen molar-refractivity contribution in [2.24, 2.45) is 0 Å². The Morgan fingerprint density at radius 2 is 1.72 bits per heavy atom. The molecule has 5 nitrogen and oxygen atoms in total. The molecule has 0 bridgehead atoms. The molecule has 1 amide bonds. The molecule has 0 radical (unpaired) electrons. The average Bonchev–Trinajstić information content (AvgIpc) is 2.63. The minimum Gasteiger partial charge on any atom is -0.392 e. The number of carbonyl (C=O) groups excluding carboxylic acids is 1. The van der Waals surface area contributed by atoms with Crippen molar-refractivity contribution in [2.45, 2.75) is 38.8 Å². The molecule has 1 aromatic rings. The van der Waals surface area contributed by atoms with Gasteiger partial charge in [-0.25, -0.2) is 0 Å². The Labute approximate surface area is 151 Å². The van der Waals surface area contributed by atoms with Crippen molar-refractivity contribution in [1.29, 1.82) is 0 Å². The topological polar surface area (TPSA) is 47.0 Å². The molecule has 138 valence electrons. The smallest absolute Gasteiger partial charge is 0.253 e. The van der Waals surface area contributed by atoms with Crippen LogP contribution >= 0.6 is 0 Å². The van der Waals surface area contributed by atoms with E-state index in [0.29, 0.717) is 0 Å². The number of hydrogen-bond donors (Lipinski definition) is 1. The van der Waals surface area contributed by atoms with E-state index in [9.17, 15) is 9.90 Å². The van der Waals surface area contributed by atoms with E-state index in [1.165, 1.54) is 12.0 Å². The van der Waals surface area contributed by atoms with Gasteiger partial charge in [0.1, 0.15) is 0 Å². The summed E-state index contributed by atoms with van der Waals surface area (Å²) in [4.78, 5) is 19.4. The fraction of sp³-hybridized carbons (Fsp3) is 0.650. The minimum atomic E-state index is -0.260. The van der Waals surface area contributed by atoms with Crippen LogP contribution in [0.3, 0.4) is 0 Å². The molecule has 2 aliphatic rings. The Hall–Kier alpha value is -1.43. The predicted octanol–water partition coefficient (Wildman–Crippen LogP) is 1.81. The van der Waals surface area contributed by atoms with Crippen LogP contribution in [0, 0.1) is 0 Å². The van der Waals surface area contributed by atoms with E-state index in [0.717, 1.165) is 70.8 Å². The van der Waals surface area contributed by atoms with Crippen LogP contribution < -0.4 is 0 Å². The molecule has 0 unspecified atom stereocenters. The highest BCUT2D eigenvalue weighted by Crippen LogP contribution is 2.16. The van der Waals surface area contributed by atoms with E-state index in [4.69, 9.17) is 0 Å². The molecule has 2 aliphatic heterocycles. The summed E-state index contributed by atoms with van der Waals surface area (Å²) in [6.45, 7) is 9.31. The summed E-state index contributed by atoms with van der Waals surface area (Å²) in [7, 11) is 0. The fourth-order valence-electron chi connectivity index (χ4n) is 3.84. The molecule has 1 N–H and O–H groups in total. The molecule has 2 heterocycles. The maximum absolute atomic E-state index is 12.7. The monoisotopic (exact) mass is 345 g/mol. The molecule has 0 aromatic heterocycles. The lowest BCUT2D eigenvalue weighted by atomic mass is 10.1. The molecule has 5 heteroatoms. The van der Waals surface area contributed by atoms with Gasteiger partial charge < -0.3 is 10.0 Å². The quantitative estimate of drug-likeness (QED) is 0.884. The Balaban J connectivity index is 1.54. The Morgan fingerprint density at radius 3 is 2.40 bits per heavy atom. The Kier molecular flexibility index (Phi) is 6.45. The first kappa shape index (κ1) is 18.4. The molecule has 1 aromatic carbocycles. The maximum Gasteiger partial charge on any atom is 0.253 e. The largest absolute Gasteiger partial charge is 0.392 e. The molecule has 25 heavy (non-hydrogen) atoms. The van der Waals surface area contributed by atoms with Crippen LogP contribution in [0.25, 0.3) is 0 Å². The summed E-state index contributed by atoms with van der Waals surface area (Å²) >= 11 is 0. The zero-order valence-electron chi connectivity index (χ0n) is 15.4. The number of benzene rings is 1. The summed E-state index contributed by atoms with van der Waals surface area (Å²) in [5.74, 6) is 0.184. The number of hydrogen-bond acceptors (Lipinski definition) is 4. The Morgan fingerprint density at radius 1 is 1.04 bits per heavy atom. The van der Waals surface area contributed by atoms with Gasteiger partial charge in [-0.15, -0.1) is 0 Å². The maximum atomic E-state index is 12.7. The molecule has 2 saturated heterocycles. The zero-order valence-corrected chi connectivity index (χ0v) is 15.4. The molecule has 0 aliphatic carbocycles. The van der Waals surface area contributed by atoms with E-state index < -0.39 is 0 Å². The second kappa shape index (κ2) is 8.79. The number of likely N-dealkylation sites (tertiary alicyclic amines) is 1. The highest BCUT2D eigenvalue weighted by molar-refractivity contribution is 5.94. The van der Waals surface area contributed by atoms with Crippen molar-refractivity contribution in [3.63, 3.8) is 0 Å². The molecule has 3 rings (SSSR count). The predicted molar refractivity (Wildman–Crippen MR) is 99.6 cm³/mol. The third-order valence-corrected chi connectivity index (χ3v) is 5.21. The van der Waals surface area contributed by atoms with Crippen molar-refractivity contribution in [3.8, 4) is 0 Å². The number of nitrogens with zero attached hydrogens (tertiary/aromatic N) is 3. The van der Waals surface area contributed by atoms with Gasteiger partial charge in [0.05, 0.1) is 6.10 Å². The van der Waals surface area contributed by atoms with E-state index in [-0.39, 0.29) is 12.0 Å². The van der Waals surface area contributed by atoms with Crippen LogP contribution in [-0.4, -0.2) is 77.6 Å². The number of piperazine rings is 1. The summed E-state index contributed by atoms with van der Waals surface area (Å²) in [6, 6.07) is 8.14. The fourth-order valence-corrected chi connectivity index (χ4v) is 3.84. The van der Waals surface area contributed by atoms with Gasteiger partial charge in [-0.2, -0.15) is 0 Å². The van der Waals surface area contributed by atoms with Crippen LogP contribution in [0.2, 0.25) is 0 Å². The van der Waals surface area contributed by atoms with Gasteiger partial charge in [0.25, 0.3) is 5.91 Å². The van der Waals surface area contributed by atoms with Gasteiger partial charge in [0, 0.05) is 57.9 Å². The van der Waals surface area contributed by atoms with Gasteiger partial charge in [0.2, 0.25) is 0 Å². The minimum absolute atomic E-state index is 0.184. The molecular formula is C20H31N3O2. The first-order chi connectivity index (χ1) is 12.1. The number of rotatable bonds is 5. The lowest BCUT2D eigenvalue weighted by Crippen LogP contribution is -2.47. The van der Waals surface area contributed by atoms with Crippen LogP contribution in [0.5, 0.6) is 0 Å². The zero-order chi connectivity index (χ0) is 17.6. The highest BCUT2D eigenvalue weighted by atomic mass is 16.3. The van der Waals surface area contributed by atoms with Gasteiger partial charge in [0.15, 0.2) is 0 Å². The second-order valence-corrected chi connectivity index (χ2v) is 7.48. The number of β-amino-alcohol motifs (C(OH)–C–C–N with tert-alkyl or cyclic N) is 1. The highest BCUT2D eigenvalue weighted by Gasteiger charge is 2.20. The van der Waals surface area contributed by atoms with Gasteiger partial charge >= 0.3 is 0 Å². The van der Waals surface area contributed by atoms with Gasteiger partial charge in [-0.05, 0) is 43.9 Å². The second-order valence-electron chi connectivity index (χ2n) is 7.48. The van der Waals surface area contributed by atoms with Gasteiger partial charge in [-0.1, -0.05) is 12.1 Å². The molecule has 0 spiro atoms.